The highest BCUT2D eigenvalue weighted by Crippen LogP contribution is 2.26. The number of benzene rings is 1. The van der Waals surface area contributed by atoms with Gasteiger partial charge in [0.2, 0.25) is 0 Å². The zero-order valence-corrected chi connectivity index (χ0v) is 12.1. The summed E-state index contributed by atoms with van der Waals surface area (Å²) < 4.78 is 2.16. The molecule has 0 radical (unpaired) electrons. The van der Waals surface area contributed by atoms with Crippen molar-refractivity contribution < 1.29 is 0 Å². The summed E-state index contributed by atoms with van der Waals surface area (Å²) in [6.45, 7) is 2.15. The van der Waals surface area contributed by atoms with E-state index in [0.29, 0.717) is 0 Å². The van der Waals surface area contributed by atoms with E-state index in [0.717, 1.165) is 27.9 Å². The van der Waals surface area contributed by atoms with Crippen molar-refractivity contribution in [2.45, 2.75) is 13.0 Å². The van der Waals surface area contributed by atoms with Gasteiger partial charge in [-0.1, -0.05) is 18.2 Å². The molecule has 0 fully saturated rings. The molecule has 1 N–H and O–H groups in total. The van der Waals surface area contributed by atoms with Crippen LogP contribution in [0.25, 0.3) is 22.3 Å². The van der Waals surface area contributed by atoms with Crippen molar-refractivity contribution in [1.82, 2.24) is 24.7 Å². The summed E-state index contributed by atoms with van der Waals surface area (Å²) in [6, 6.07) is 10.4. The van der Waals surface area contributed by atoms with Crippen molar-refractivity contribution in [3.05, 3.63) is 66.9 Å². The molecule has 1 atom stereocenters. The molecule has 3 aromatic heterocycles. The number of H-pyrrole nitrogens is 1. The van der Waals surface area contributed by atoms with Gasteiger partial charge < -0.3 is 4.57 Å². The molecule has 0 spiro atoms. The molecule has 5 nitrogen and oxygen atoms in total. The Bertz CT molecular complexity index is 907. The fourth-order valence-electron chi connectivity index (χ4n) is 2.71. The Morgan fingerprint density at radius 2 is 2.09 bits per heavy atom. The Morgan fingerprint density at radius 3 is 2.95 bits per heavy atom. The third kappa shape index (κ3) is 2.07. The Balaban J connectivity index is 1.79. The predicted molar refractivity (Wildman–Crippen MR) is 85.4 cm³/mol. The van der Waals surface area contributed by atoms with Crippen LogP contribution < -0.4 is 0 Å². The van der Waals surface area contributed by atoms with E-state index in [2.05, 4.69) is 55.9 Å². The molecule has 0 bridgehead atoms. The average molecular weight is 289 g/mol. The molecular formula is C17H15N5. The van der Waals surface area contributed by atoms with Gasteiger partial charge in [0, 0.05) is 35.7 Å². The van der Waals surface area contributed by atoms with E-state index in [9.17, 15) is 0 Å². The molecule has 4 rings (SSSR count). The maximum absolute atomic E-state index is 4.53. The number of aromatic amines is 1. The smallest absolute Gasteiger partial charge is 0.140 e. The van der Waals surface area contributed by atoms with Crippen LogP contribution in [0.3, 0.4) is 0 Å². The third-order valence-corrected chi connectivity index (χ3v) is 3.95. The molecule has 1 unspecified atom stereocenters. The second-order valence-corrected chi connectivity index (χ2v) is 5.29. The summed E-state index contributed by atoms with van der Waals surface area (Å²) in [6.07, 6.45) is 9.34. The van der Waals surface area contributed by atoms with E-state index in [-0.39, 0.29) is 6.04 Å². The average Bonchev–Trinajstić information content (AvgIpc) is 3.23. The summed E-state index contributed by atoms with van der Waals surface area (Å²) in [5.74, 6) is 0.938. The van der Waals surface area contributed by atoms with Crippen LogP contribution in [-0.4, -0.2) is 24.7 Å². The lowest BCUT2D eigenvalue weighted by Gasteiger charge is -2.16. The lowest BCUT2D eigenvalue weighted by atomic mass is 10.1. The van der Waals surface area contributed by atoms with Crippen molar-refractivity contribution in [3.8, 4) is 11.4 Å². The van der Waals surface area contributed by atoms with Crippen molar-refractivity contribution >= 4 is 10.9 Å². The molecule has 0 amide bonds. The molecule has 0 aliphatic rings. The molecule has 22 heavy (non-hydrogen) atoms. The van der Waals surface area contributed by atoms with Gasteiger partial charge in [0.05, 0.1) is 17.8 Å². The van der Waals surface area contributed by atoms with Crippen molar-refractivity contribution in [1.29, 1.82) is 0 Å². The summed E-state index contributed by atoms with van der Waals surface area (Å²) >= 11 is 0. The van der Waals surface area contributed by atoms with Crippen LogP contribution in [-0.2, 0) is 0 Å². The normalized spacial score (nSPS) is 12.6. The van der Waals surface area contributed by atoms with Gasteiger partial charge in [-0.15, -0.1) is 0 Å². The highest BCUT2D eigenvalue weighted by molar-refractivity contribution is 5.82. The molecule has 0 aliphatic heterocycles. The second-order valence-electron chi connectivity index (χ2n) is 5.29. The number of nitrogens with one attached hydrogen (secondary N) is 1. The van der Waals surface area contributed by atoms with Crippen LogP contribution in [0, 0.1) is 0 Å². The number of imidazole rings is 1. The van der Waals surface area contributed by atoms with Gasteiger partial charge in [-0.05, 0) is 24.6 Å². The number of fused-ring (bicyclic) bond motifs is 1. The van der Waals surface area contributed by atoms with E-state index in [1.807, 2.05) is 30.9 Å². The van der Waals surface area contributed by atoms with Crippen LogP contribution in [0.15, 0.2) is 61.3 Å². The summed E-state index contributed by atoms with van der Waals surface area (Å²) in [7, 11) is 0. The molecule has 3 heterocycles. The van der Waals surface area contributed by atoms with E-state index in [1.165, 1.54) is 0 Å². The highest BCUT2D eigenvalue weighted by atomic mass is 15.1. The first kappa shape index (κ1) is 12.8. The lowest BCUT2D eigenvalue weighted by Crippen LogP contribution is -2.07. The first-order valence-corrected chi connectivity index (χ1v) is 7.19. The maximum Gasteiger partial charge on any atom is 0.140 e. The summed E-state index contributed by atoms with van der Waals surface area (Å²) in [5.41, 5.74) is 3.24. The molecule has 5 heteroatoms. The quantitative estimate of drug-likeness (QED) is 0.628. The van der Waals surface area contributed by atoms with Gasteiger partial charge in [0.25, 0.3) is 0 Å². The zero-order chi connectivity index (χ0) is 14.9. The van der Waals surface area contributed by atoms with Gasteiger partial charge in [0.15, 0.2) is 0 Å². The largest absolute Gasteiger partial charge is 0.324 e. The van der Waals surface area contributed by atoms with E-state index in [4.69, 9.17) is 0 Å². The fraction of sp³-hybridized carbons (Fsp3) is 0.118. The third-order valence-electron chi connectivity index (χ3n) is 3.95. The minimum Gasteiger partial charge on any atom is -0.324 e. The number of aromatic nitrogens is 5. The minimum absolute atomic E-state index is 0.170. The van der Waals surface area contributed by atoms with E-state index in [1.54, 1.807) is 6.20 Å². The van der Waals surface area contributed by atoms with Gasteiger partial charge in [-0.3, -0.25) is 10.1 Å². The maximum atomic E-state index is 4.53. The Kier molecular flexibility index (Phi) is 2.96. The molecule has 0 saturated carbocycles. The Labute approximate surface area is 127 Å². The highest BCUT2D eigenvalue weighted by Gasteiger charge is 2.14. The number of hydrogen-bond acceptors (Lipinski definition) is 3. The molecule has 0 aliphatic carbocycles. The zero-order valence-electron chi connectivity index (χ0n) is 12.1. The van der Waals surface area contributed by atoms with Crippen molar-refractivity contribution in [2.75, 3.05) is 0 Å². The first-order chi connectivity index (χ1) is 10.8. The molecule has 4 aromatic rings. The summed E-state index contributed by atoms with van der Waals surface area (Å²) in [5, 5.41) is 8.17. The number of rotatable bonds is 3. The topological polar surface area (TPSA) is 59.4 Å². The second kappa shape index (κ2) is 5.11. The van der Waals surface area contributed by atoms with Crippen molar-refractivity contribution in [2.24, 2.45) is 0 Å². The van der Waals surface area contributed by atoms with Crippen LogP contribution >= 0.6 is 0 Å². The Hall–Kier alpha value is -2.95. The molecular weight excluding hydrogens is 274 g/mol. The standard InChI is InChI=1S/C17H15N5/c1-12(14-3-2-6-18-10-14)22-8-7-19-17(22)13-4-5-15-11-20-21-16(15)9-13/h2-12H,1H3,(H,20,21). The monoisotopic (exact) mass is 289 g/mol. The van der Waals surface area contributed by atoms with E-state index < -0.39 is 0 Å². The predicted octanol–water partition coefficient (Wildman–Crippen LogP) is 3.43. The van der Waals surface area contributed by atoms with Crippen molar-refractivity contribution in [3.63, 3.8) is 0 Å². The van der Waals surface area contributed by atoms with Gasteiger partial charge in [-0.2, -0.15) is 5.10 Å². The first-order valence-electron chi connectivity index (χ1n) is 7.19. The van der Waals surface area contributed by atoms with Gasteiger partial charge in [0.1, 0.15) is 5.82 Å². The van der Waals surface area contributed by atoms with Crippen LogP contribution in [0.4, 0.5) is 0 Å². The molecule has 108 valence electrons. The minimum atomic E-state index is 0.170. The lowest BCUT2D eigenvalue weighted by molar-refractivity contribution is 0.643. The Morgan fingerprint density at radius 1 is 1.14 bits per heavy atom. The molecule has 1 aromatic carbocycles. The SMILES string of the molecule is CC(c1cccnc1)n1ccnc1-c1ccc2cn[nH]c2c1. The number of nitrogens with zero attached hydrogens (tertiary/aromatic N) is 4. The van der Waals surface area contributed by atoms with E-state index >= 15 is 0 Å². The van der Waals surface area contributed by atoms with Gasteiger partial charge >= 0.3 is 0 Å². The van der Waals surface area contributed by atoms with Crippen LogP contribution in [0.1, 0.15) is 18.5 Å². The molecule has 0 saturated heterocycles. The summed E-state index contributed by atoms with van der Waals surface area (Å²) in [4.78, 5) is 8.74. The van der Waals surface area contributed by atoms with Crippen LogP contribution in [0.2, 0.25) is 0 Å². The number of pyridine rings is 1. The fourth-order valence-corrected chi connectivity index (χ4v) is 2.71. The van der Waals surface area contributed by atoms with Crippen LogP contribution in [0.5, 0.6) is 0 Å². The number of hydrogen-bond donors (Lipinski definition) is 1. The van der Waals surface area contributed by atoms with Gasteiger partial charge in [-0.25, -0.2) is 4.98 Å².